The van der Waals surface area contributed by atoms with Crippen molar-refractivity contribution in [3.8, 4) is 0 Å². The predicted octanol–water partition coefficient (Wildman–Crippen LogP) is 1.66. The minimum Gasteiger partial charge on any atom is -0.395 e. The van der Waals surface area contributed by atoms with Crippen LogP contribution in [0.3, 0.4) is 0 Å². The molecule has 0 heterocycles. The van der Waals surface area contributed by atoms with E-state index in [2.05, 4.69) is 11.9 Å². The molecule has 0 atom stereocenters. The van der Waals surface area contributed by atoms with Crippen molar-refractivity contribution in [2.45, 2.75) is 39.8 Å². The third-order valence-corrected chi connectivity index (χ3v) is 5.14. The molecule has 0 radical (unpaired) electrons. The van der Waals surface area contributed by atoms with Crippen LogP contribution in [0.2, 0.25) is 12.6 Å². The minimum atomic E-state index is -1.97. The molecule has 0 aliphatic heterocycles. The molecule has 0 bridgehead atoms. The van der Waals surface area contributed by atoms with E-state index in [1.165, 1.54) is 6.92 Å². The van der Waals surface area contributed by atoms with Crippen molar-refractivity contribution < 1.29 is 13.6 Å². The maximum absolute atomic E-state index is 10.7. The van der Waals surface area contributed by atoms with Gasteiger partial charge in [0.1, 0.15) is 0 Å². The largest absolute Gasteiger partial charge is 0.395 e. The van der Waals surface area contributed by atoms with Crippen molar-refractivity contribution in [2.24, 2.45) is 0 Å². The van der Waals surface area contributed by atoms with Gasteiger partial charge in [-0.05, 0) is 32.9 Å². The average Bonchev–Trinajstić information content (AvgIpc) is 2.13. The summed E-state index contributed by atoms with van der Waals surface area (Å²) < 4.78 is 11.4. The fourth-order valence-corrected chi connectivity index (χ4v) is 3.88. The smallest absolute Gasteiger partial charge is 0.334 e. The first-order valence-corrected chi connectivity index (χ1v) is 8.08. The van der Waals surface area contributed by atoms with Gasteiger partial charge in [-0.15, -0.1) is 0 Å². The SMILES string of the molecule is CCO[Si](C)(CCCNC(C)=O)OCC. The molecule has 4 nitrogen and oxygen atoms in total. The molecule has 90 valence electrons. The maximum atomic E-state index is 10.7. The average molecular weight is 233 g/mol. The lowest BCUT2D eigenvalue weighted by Crippen LogP contribution is -2.39. The zero-order valence-electron chi connectivity index (χ0n) is 10.3. The van der Waals surface area contributed by atoms with Crippen molar-refractivity contribution >= 4 is 14.5 Å². The number of rotatable bonds is 8. The van der Waals surface area contributed by atoms with E-state index in [-0.39, 0.29) is 5.91 Å². The van der Waals surface area contributed by atoms with Crippen LogP contribution in [0.15, 0.2) is 0 Å². The van der Waals surface area contributed by atoms with Gasteiger partial charge in [-0.25, -0.2) is 0 Å². The number of amides is 1. The standard InChI is InChI=1S/C10H23NO3Si/c1-5-13-15(4,14-6-2)9-7-8-11-10(3)12/h5-9H2,1-4H3,(H,11,12). The van der Waals surface area contributed by atoms with Crippen LogP contribution in [0.4, 0.5) is 0 Å². The highest BCUT2D eigenvalue weighted by atomic mass is 28.4. The van der Waals surface area contributed by atoms with E-state index in [0.717, 1.165) is 12.5 Å². The molecular formula is C10H23NO3Si. The van der Waals surface area contributed by atoms with Crippen molar-refractivity contribution in [1.29, 1.82) is 0 Å². The normalized spacial score (nSPS) is 11.5. The molecule has 0 aromatic rings. The van der Waals surface area contributed by atoms with Crippen LogP contribution < -0.4 is 5.32 Å². The van der Waals surface area contributed by atoms with Crippen molar-refractivity contribution in [3.05, 3.63) is 0 Å². The van der Waals surface area contributed by atoms with Gasteiger partial charge >= 0.3 is 8.56 Å². The van der Waals surface area contributed by atoms with Gasteiger partial charge < -0.3 is 14.2 Å². The van der Waals surface area contributed by atoms with E-state index < -0.39 is 8.56 Å². The highest BCUT2D eigenvalue weighted by Crippen LogP contribution is 2.15. The van der Waals surface area contributed by atoms with E-state index in [1.807, 2.05) is 13.8 Å². The van der Waals surface area contributed by atoms with Gasteiger partial charge in [0.2, 0.25) is 5.91 Å². The Morgan fingerprint density at radius 1 is 1.27 bits per heavy atom. The van der Waals surface area contributed by atoms with Gasteiger partial charge in [-0.3, -0.25) is 4.79 Å². The second-order valence-corrected chi connectivity index (χ2v) is 6.93. The summed E-state index contributed by atoms with van der Waals surface area (Å²) in [5.74, 6) is 0.0196. The van der Waals surface area contributed by atoms with Gasteiger partial charge in [0.05, 0.1) is 0 Å². The molecule has 0 spiro atoms. The highest BCUT2D eigenvalue weighted by Gasteiger charge is 2.29. The van der Waals surface area contributed by atoms with Gasteiger partial charge in [0.25, 0.3) is 0 Å². The molecular weight excluding hydrogens is 210 g/mol. The van der Waals surface area contributed by atoms with Crippen LogP contribution in [-0.2, 0) is 13.6 Å². The van der Waals surface area contributed by atoms with Crippen molar-refractivity contribution in [1.82, 2.24) is 5.32 Å². The zero-order chi connectivity index (χ0) is 11.7. The van der Waals surface area contributed by atoms with Crippen LogP contribution in [0, 0.1) is 0 Å². The number of hydrogen-bond acceptors (Lipinski definition) is 3. The number of carbonyl (C=O) groups excluding carboxylic acids is 1. The molecule has 0 saturated heterocycles. The highest BCUT2D eigenvalue weighted by molar-refractivity contribution is 6.66. The zero-order valence-corrected chi connectivity index (χ0v) is 11.3. The van der Waals surface area contributed by atoms with E-state index >= 15 is 0 Å². The van der Waals surface area contributed by atoms with Crippen molar-refractivity contribution in [2.75, 3.05) is 19.8 Å². The lowest BCUT2D eigenvalue weighted by atomic mass is 10.5. The van der Waals surface area contributed by atoms with Crippen LogP contribution in [0.5, 0.6) is 0 Å². The molecule has 0 fully saturated rings. The number of nitrogens with one attached hydrogen (secondary N) is 1. The molecule has 0 aliphatic rings. The second-order valence-electron chi connectivity index (χ2n) is 3.59. The molecule has 5 heteroatoms. The summed E-state index contributed by atoms with van der Waals surface area (Å²) in [6.07, 6.45) is 0.919. The Morgan fingerprint density at radius 2 is 1.80 bits per heavy atom. The van der Waals surface area contributed by atoms with Gasteiger partial charge in [-0.1, -0.05) is 0 Å². The van der Waals surface area contributed by atoms with Gasteiger partial charge in [0.15, 0.2) is 0 Å². The summed E-state index contributed by atoms with van der Waals surface area (Å²) >= 11 is 0. The summed E-state index contributed by atoms with van der Waals surface area (Å²) in [5.41, 5.74) is 0. The number of carbonyl (C=O) groups is 1. The first-order valence-electron chi connectivity index (χ1n) is 5.56. The van der Waals surface area contributed by atoms with Gasteiger partial charge in [-0.2, -0.15) is 0 Å². The third-order valence-electron chi connectivity index (χ3n) is 2.08. The predicted molar refractivity (Wildman–Crippen MR) is 63.0 cm³/mol. The van der Waals surface area contributed by atoms with Gasteiger partial charge in [0, 0.05) is 26.7 Å². The first-order chi connectivity index (χ1) is 7.04. The Hall–Kier alpha value is -0.393. The maximum Gasteiger partial charge on any atom is 0.334 e. The number of hydrogen-bond donors (Lipinski definition) is 1. The molecule has 1 amide bonds. The van der Waals surface area contributed by atoms with Crippen LogP contribution in [0.1, 0.15) is 27.2 Å². The molecule has 15 heavy (non-hydrogen) atoms. The Kier molecular flexibility index (Phi) is 7.64. The summed E-state index contributed by atoms with van der Waals surface area (Å²) in [7, 11) is -1.97. The van der Waals surface area contributed by atoms with E-state index in [0.29, 0.717) is 19.8 Å². The molecule has 0 aliphatic carbocycles. The minimum absolute atomic E-state index is 0.0196. The molecule has 0 unspecified atom stereocenters. The molecule has 0 rings (SSSR count). The summed E-state index contributed by atoms with van der Waals surface area (Å²) in [6, 6.07) is 0.926. The quantitative estimate of drug-likeness (QED) is 0.512. The molecule has 0 aromatic carbocycles. The fraction of sp³-hybridized carbons (Fsp3) is 0.900. The molecule has 0 saturated carbocycles. The summed E-state index contributed by atoms with van der Waals surface area (Å²) in [5, 5.41) is 2.77. The second kappa shape index (κ2) is 7.84. The summed E-state index contributed by atoms with van der Waals surface area (Å²) in [6.45, 7) is 9.68. The first kappa shape index (κ1) is 14.6. The van der Waals surface area contributed by atoms with Crippen LogP contribution in [0.25, 0.3) is 0 Å². The van der Waals surface area contributed by atoms with Crippen LogP contribution >= 0.6 is 0 Å². The Bertz CT molecular complexity index is 182. The summed E-state index contributed by atoms with van der Waals surface area (Å²) in [4.78, 5) is 10.7. The Balaban J connectivity index is 3.79. The van der Waals surface area contributed by atoms with Crippen LogP contribution in [-0.4, -0.2) is 34.2 Å². The monoisotopic (exact) mass is 233 g/mol. The molecule has 0 aromatic heterocycles. The van der Waals surface area contributed by atoms with Crippen molar-refractivity contribution in [3.63, 3.8) is 0 Å². The van der Waals surface area contributed by atoms with E-state index in [9.17, 15) is 4.79 Å². The Labute approximate surface area is 93.6 Å². The topological polar surface area (TPSA) is 47.6 Å². The Morgan fingerprint density at radius 3 is 2.20 bits per heavy atom. The molecule has 1 N–H and O–H groups in total. The third kappa shape index (κ3) is 7.53. The van der Waals surface area contributed by atoms with E-state index in [1.54, 1.807) is 0 Å². The van der Waals surface area contributed by atoms with E-state index in [4.69, 9.17) is 8.85 Å². The fourth-order valence-electron chi connectivity index (χ4n) is 1.47. The lowest BCUT2D eigenvalue weighted by molar-refractivity contribution is -0.118. The lowest BCUT2D eigenvalue weighted by Gasteiger charge is -2.25.